The molecule has 1 aromatic carbocycles. The molecule has 0 bridgehead atoms. The molecule has 0 unspecified atom stereocenters. The van der Waals surface area contributed by atoms with E-state index in [-0.39, 0.29) is 18.3 Å². The van der Waals surface area contributed by atoms with Crippen molar-refractivity contribution in [2.24, 2.45) is 0 Å². The fourth-order valence-electron chi connectivity index (χ4n) is 2.14. The van der Waals surface area contributed by atoms with Crippen LogP contribution in [0.5, 0.6) is 5.88 Å². The Kier molecular flexibility index (Phi) is 9.39. The van der Waals surface area contributed by atoms with Gasteiger partial charge in [-0.2, -0.15) is 4.80 Å². The van der Waals surface area contributed by atoms with Crippen LogP contribution in [0, 0.1) is 0 Å². The van der Waals surface area contributed by atoms with E-state index in [0.29, 0.717) is 12.4 Å². The molecule has 0 atom stereocenters. The van der Waals surface area contributed by atoms with Crippen molar-refractivity contribution >= 4 is 46.0 Å². The third-order valence-electron chi connectivity index (χ3n) is 3.59. The first kappa shape index (κ1) is 22.2. The minimum absolute atomic E-state index is 0. The monoisotopic (exact) mass is 447 g/mol. The summed E-state index contributed by atoms with van der Waals surface area (Å²) in [7, 11) is 1.24. The minimum Gasteiger partial charge on any atom is -0.437 e. The van der Waals surface area contributed by atoms with Gasteiger partial charge in [0.15, 0.2) is 0 Å². The maximum absolute atomic E-state index is 11.4. The zero-order valence-electron chi connectivity index (χ0n) is 14.9. The molecular weight excluding hydrogens is 426 g/mol. The third-order valence-corrected chi connectivity index (χ3v) is 4.12. The number of carbonyl (C=O) groups excluding carboxylic acids is 1. The Balaban J connectivity index is 0.00000338. The van der Waals surface area contributed by atoms with Gasteiger partial charge in [0.05, 0.1) is 13.7 Å². The molecule has 26 heavy (non-hydrogen) atoms. The maximum Gasteiger partial charge on any atom is 0.515 e. The second-order valence-electron chi connectivity index (χ2n) is 5.16. The molecule has 0 spiro atoms. The first-order chi connectivity index (χ1) is 12.0. The SMILES string of the molecule is CCN(CC)CCn1nc(Nc2ccc(Br)cc2)c(OC(=O)OC)n1.Cl. The Morgan fingerprint density at radius 3 is 2.46 bits per heavy atom. The molecule has 1 N–H and O–H groups in total. The normalized spacial score (nSPS) is 10.3. The van der Waals surface area contributed by atoms with Crippen LogP contribution in [0.1, 0.15) is 13.8 Å². The summed E-state index contributed by atoms with van der Waals surface area (Å²) in [5, 5.41) is 11.7. The first-order valence-corrected chi connectivity index (χ1v) is 8.80. The van der Waals surface area contributed by atoms with Crippen LogP contribution in [0.3, 0.4) is 0 Å². The molecule has 1 aromatic heterocycles. The topological polar surface area (TPSA) is 81.5 Å². The molecule has 0 aliphatic carbocycles. The van der Waals surface area contributed by atoms with Gasteiger partial charge >= 0.3 is 6.16 Å². The van der Waals surface area contributed by atoms with Gasteiger partial charge in [-0.15, -0.1) is 22.6 Å². The minimum atomic E-state index is -0.838. The van der Waals surface area contributed by atoms with Crippen molar-refractivity contribution in [1.29, 1.82) is 0 Å². The van der Waals surface area contributed by atoms with Crippen LogP contribution < -0.4 is 10.1 Å². The van der Waals surface area contributed by atoms with Gasteiger partial charge < -0.3 is 19.7 Å². The molecule has 0 aliphatic heterocycles. The van der Waals surface area contributed by atoms with E-state index in [0.717, 1.165) is 29.8 Å². The fourth-order valence-corrected chi connectivity index (χ4v) is 2.41. The molecule has 2 rings (SSSR count). The number of methoxy groups -OCH3 is 1. The van der Waals surface area contributed by atoms with Crippen molar-refractivity contribution in [3.8, 4) is 5.88 Å². The summed E-state index contributed by atoms with van der Waals surface area (Å²) in [6.07, 6.45) is -0.838. The number of nitrogens with zero attached hydrogens (tertiary/aromatic N) is 4. The number of rotatable bonds is 8. The average molecular weight is 449 g/mol. The molecule has 0 saturated carbocycles. The zero-order valence-corrected chi connectivity index (χ0v) is 17.3. The van der Waals surface area contributed by atoms with Crippen LogP contribution in [0.2, 0.25) is 0 Å². The molecular formula is C16H23BrClN5O3. The second kappa shape index (κ2) is 11.0. The van der Waals surface area contributed by atoms with Gasteiger partial charge in [-0.05, 0) is 37.4 Å². The van der Waals surface area contributed by atoms with Gasteiger partial charge in [0.25, 0.3) is 5.88 Å². The molecule has 0 amide bonds. The third kappa shape index (κ3) is 6.47. The highest BCUT2D eigenvalue weighted by atomic mass is 79.9. The van der Waals surface area contributed by atoms with E-state index in [1.807, 2.05) is 24.3 Å². The highest BCUT2D eigenvalue weighted by Crippen LogP contribution is 2.25. The van der Waals surface area contributed by atoms with Crippen LogP contribution in [-0.4, -0.2) is 52.8 Å². The second-order valence-corrected chi connectivity index (χ2v) is 6.08. The highest BCUT2D eigenvalue weighted by molar-refractivity contribution is 9.10. The van der Waals surface area contributed by atoms with Crippen molar-refractivity contribution in [3.05, 3.63) is 28.7 Å². The number of aromatic nitrogens is 3. The number of ether oxygens (including phenoxy) is 2. The van der Waals surface area contributed by atoms with Crippen molar-refractivity contribution in [2.75, 3.05) is 32.1 Å². The summed E-state index contributed by atoms with van der Waals surface area (Å²) in [6.45, 7) is 7.50. The number of anilines is 2. The van der Waals surface area contributed by atoms with E-state index in [9.17, 15) is 4.79 Å². The van der Waals surface area contributed by atoms with Gasteiger partial charge in [0.1, 0.15) is 0 Å². The van der Waals surface area contributed by atoms with E-state index >= 15 is 0 Å². The zero-order chi connectivity index (χ0) is 18.2. The Labute approximate surface area is 167 Å². The van der Waals surface area contributed by atoms with Gasteiger partial charge in [-0.1, -0.05) is 29.8 Å². The van der Waals surface area contributed by atoms with Crippen molar-refractivity contribution in [1.82, 2.24) is 19.9 Å². The number of carbonyl (C=O) groups is 1. The summed E-state index contributed by atoms with van der Waals surface area (Å²) >= 11 is 3.39. The molecule has 2 aromatic rings. The Morgan fingerprint density at radius 2 is 1.88 bits per heavy atom. The Morgan fingerprint density at radius 1 is 1.23 bits per heavy atom. The predicted molar refractivity (Wildman–Crippen MR) is 106 cm³/mol. The Bertz CT molecular complexity index is 692. The van der Waals surface area contributed by atoms with E-state index in [4.69, 9.17) is 4.74 Å². The Hall–Kier alpha value is -1.84. The number of hydrogen-bond donors (Lipinski definition) is 1. The predicted octanol–water partition coefficient (Wildman–Crippen LogP) is 3.69. The van der Waals surface area contributed by atoms with Crippen LogP contribution >= 0.6 is 28.3 Å². The van der Waals surface area contributed by atoms with Gasteiger partial charge in [0, 0.05) is 16.7 Å². The summed E-state index contributed by atoms with van der Waals surface area (Å²) < 4.78 is 10.6. The quantitative estimate of drug-likeness (QED) is 0.617. The standard InChI is InChI=1S/C16H22BrN5O3.ClH/c1-4-21(5-2)10-11-22-19-14(15(20-22)25-16(23)24-3)18-13-8-6-12(17)7-9-13;/h6-9H,4-5,10-11H2,1-3H3,(H,18,19);1H. The molecule has 1 heterocycles. The van der Waals surface area contributed by atoms with Gasteiger partial charge in [-0.3, -0.25) is 0 Å². The highest BCUT2D eigenvalue weighted by Gasteiger charge is 2.17. The van der Waals surface area contributed by atoms with Crippen molar-refractivity contribution in [3.63, 3.8) is 0 Å². The number of hydrogen-bond acceptors (Lipinski definition) is 7. The summed E-state index contributed by atoms with van der Waals surface area (Å²) in [4.78, 5) is 15.2. The number of nitrogens with one attached hydrogen (secondary N) is 1. The van der Waals surface area contributed by atoms with Gasteiger partial charge in [-0.25, -0.2) is 4.79 Å². The molecule has 0 fully saturated rings. The lowest BCUT2D eigenvalue weighted by atomic mass is 10.3. The number of halogens is 2. The van der Waals surface area contributed by atoms with Crippen LogP contribution in [0.4, 0.5) is 16.3 Å². The smallest absolute Gasteiger partial charge is 0.437 e. The van der Waals surface area contributed by atoms with Crippen LogP contribution in [0.25, 0.3) is 0 Å². The van der Waals surface area contributed by atoms with E-state index < -0.39 is 6.16 Å². The van der Waals surface area contributed by atoms with E-state index in [1.165, 1.54) is 11.9 Å². The first-order valence-electron chi connectivity index (χ1n) is 8.01. The summed E-state index contributed by atoms with van der Waals surface area (Å²) in [6, 6.07) is 7.55. The lowest BCUT2D eigenvalue weighted by Gasteiger charge is -2.16. The lowest BCUT2D eigenvalue weighted by molar-refractivity contribution is 0.119. The van der Waals surface area contributed by atoms with E-state index in [1.54, 1.807) is 0 Å². The van der Waals surface area contributed by atoms with Crippen molar-refractivity contribution in [2.45, 2.75) is 20.4 Å². The van der Waals surface area contributed by atoms with Crippen molar-refractivity contribution < 1.29 is 14.3 Å². The fraction of sp³-hybridized carbons (Fsp3) is 0.438. The van der Waals surface area contributed by atoms with Crippen LogP contribution in [0.15, 0.2) is 28.7 Å². The molecule has 0 radical (unpaired) electrons. The summed E-state index contributed by atoms with van der Waals surface area (Å²) in [5.74, 6) is 0.432. The largest absolute Gasteiger partial charge is 0.515 e. The molecule has 0 aliphatic rings. The average Bonchev–Trinajstić information content (AvgIpc) is 2.99. The van der Waals surface area contributed by atoms with E-state index in [2.05, 4.69) is 54.9 Å². The molecule has 10 heteroatoms. The molecule has 8 nitrogen and oxygen atoms in total. The lowest BCUT2D eigenvalue weighted by Crippen LogP contribution is -2.27. The summed E-state index contributed by atoms with van der Waals surface area (Å²) in [5.41, 5.74) is 0.800. The van der Waals surface area contributed by atoms with Crippen LogP contribution in [-0.2, 0) is 11.3 Å². The maximum atomic E-state index is 11.4. The molecule has 0 saturated heterocycles. The number of benzene rings is 1. The molecule has 144 valence electrons. The number of likely N-dealkylation sites (N-methyl/N-ethyl adjacent to an activating group) is 1. The van der Waals surface area contributed by atoms with Gasteiger partial charge in [0.2, 0.25) is 5.82 Å².